The second kappa shape index (κ2) is 8.73. The van der Waals surface area contributed by atoms with E-state index in [-0.39, 0.29) is 29.2 Å². The maximum Gasteiger partial charge on any atom is 0.252 e. The number of carbonyl (C=O) groups excluding carboxylic acids is 1. The number of amides is 1. The molecule has 0 bridgehead atoms. The Kier molecular flexibility index (Phi) is 5.79. The molecule has 2 aromatic carbocycles. The molecule has 1 aliphatic rings. The summed E-state index contributed by atoms with van der Waals surface area (Å²) in [6.45, 7) is 0.251. The average Bonchev–Trinajstić information content (AvgIpc) is 3.50. The van der Waals surface area contributed by atoms with Gasteiger partial charge in [0.15, 0.2) is 20.6 Å². The highest BCUT2D eigenvalue weighted by Gasteiger charge is 2.29. The van der Waals surface area contributed by atoms with Crippen molar-refractivity contribution in [2.45, 2.75) is 23.1 Å². The number of nitrogens with one attached hydrogen (secondary N) is 1. The van der Waals surface area contributed by atoms with E-state index in [9.17, 15) is 13.2 Å². The van der Waals surface area contributed by atoms with Crippen molar-refractivity contribution in [3.8, 4) is 10.8 Å². The highest BCUT2D eigenvalue weighted by Crippen LogP contribution is 2.33. The molecule has 0 radical (unpaired) electrons. The smallest absolute Gasteiger partial charge is 0.252 e. The molecule has 4 aromatic rings. The topological polar surface area (TPSA) is 89.3 Å². The van der Waals surface area contributed by atoms with Gasteiger partial charge >= 0.3 is 0 Å². The van der Waals surface area contributed by atoms with E-state index in [0.717, 1.165) is 20.1 Å². The lowest BCUT2D eigenvalue weighted by molar-refractivity contribution is 0.0945. The summed E-state index contributed by atoms with van der Waals surface area (Å²) in [4.78, 5) is 18.2. The maximum absolute atomic E-state index is 12.8. The standard InChI is InChI=1S/C23H20N2O4S3/c26-22(17-5-1-3-7-20(17)30-16-11-12-32(27,28)14-16)24-13-15-9-10-19(29-15)23-25-18-6-2-4-8-21(18)31-23/h1-10,16H,11-14H2,(H,24,26). The molecule has 1 amide bonds. The van der Waals surface area contributed by atoms with Gasteiger partial charge in [-0.2, -0.15) is 0 Å². The molecular weight excluding hydrogens is 464 g/mol. The molecule has 1 N–H and O–H groups in total. The van der Waals surface area contributed by atoms with Gasteiger partial charge in [0, 0.05) is 10.1 Å². The van der Waals surface area contributed by atoms with Gasteiger partial charge in [-0.15, -0.1) is 23.1 Å². The molecule has 0 spiro atoms. The Morgan fingerprint density at radius 3 is 2.75 bits per heavy atom. The lowest BCUT2D eigenvalue weighted by Crippen LogP contribution is -2.23. The molecule has 2 aromatic heterocycles. The zero-order valence-electron chi connectivity index (χ0n) is 17.0. The van der Waals surface area contributed by atoms with Crippen LogP contribution in [0.4, 0.5) is 0 Å². The largest absolute Gasteiger partial charge is 0.457 e. The molecule has 1 saturated heterocycles. The molecule has 9 heteroatoms. The van der Waals surface area contributed by atoms with Crippen molar-refractivity contribution < 1.29 is 17.6 Å². The molecule has 32 heavy (non-hydrogen) atoms. The number of thioether (sulfide) groups is 1. The summed E-state index contributed by atoms with van der Waals surface area (Å²) in [7, 11) is -2.96. The zero-order valence-corrected chi connectivity index (χ0v) is 19.4. The van der Waals surface area contributed by atoms with Crippen molar-refractivity contribution in [2.24, 2.45) is 0 Å². The summed E-state index contributed by atoms with van der Waals surface area (Å²) in [5, 5.41) is 3.69. The molecule has 6 nitrogen and oxygen atoms in total. The fourth-order valence-corrected chi connectivity index (χ4v) is 8.17. The number of thiazole rings is 1. The van der Waals surface area contributed by atoms with Crippen molar-refractivity contribution in [1.82, 2.24) is 10.3 Å². The summed E-state index contributed by atoms with van der Waals surface area (Å²) >= 11 is 3.03. The van der Waals surface area contributed by atoms with Crippen molar-refractivity contribution in [1.29, 1.82) is 0 Å². The lowest BCUT2D eigenvalue weighted by Gasteiger charge is -2.12. The van der Waals surface area contributed by atoms with Gasteiger partial charge in [0.05, 0.1) is 33.8 Å². The molecule has 5 rings (SSSR count). The fraction of sp³-hybridized carbons (Fsp3) is 0.217. The zero-order chi connectivity index (χ0) is 22.1. The van der Waals surface area contributed by atoms with Crippen molar-refractivity contribution in [3.05, 3.63) is 72.0 Å². The Morgan fingerprint density at radius 2 is 1.94 bits per heavy atom. The maximum atomic E-state index is 12.8. The van der Waals surface area contributed by atoms with Crippen LogP contribution in [0.2, 0.25) is 0 Å². The fourth-order valence-electron chi connectivity index (χ4n) is 3.62. The van der Waals surface area contributed by atoms with Crippen LogP contribution in [0.25, 0.3) is 21.0 Å². The van der Waals surface area contributed by atoms with Gasteiger partial charge in [0.1, 0.15) is 5.76 Å². The van der Waals surface area contributed by atoms with E-state index in [1.165, 1.54) is 11.8 Å². The number of rotatable bonds is 6. The summed E-state index contributed by atoms with van der Waals surface area (Å²) in [5.41, 5.74) is 1.47. The Labute approximate surface area is 194 Å². The molecule has 1 unspecified atom stereocenters. The van der Waals surface area contributed by atoms with Crippen molar-refractivity contribution in [2.75, 3.05) is 11.5 Å². The van der Waals surface area contributed by atoms with Crippen LogP contribution in [0, 0.1) is 0 Å². The minimum Gasteiger partial charge on any atom is -0.457 e. The minimum atomic E-state index is -2.96. The summed E-state index contributed by atoms with van der Waals surface area (Å²) < 4.78 is 30.5. The number of hydrogen-bond acceptors (Lipinski definition) is 7. The first-order chi connectivity index (χ1) is 15.5. The van der Waals surface area contributed by atoms with Crippen LogP contribution in [-0.2, 0) is 16.4 Å². The number of benzene rings is 2. The Balaban J connectivity index is 1.26. The Morgan fingerprint density at radius 1 is 1.12 bits per heavy atom. The Hall–Kier alpha value is -2.62. The number of fused-ring (bicyclic) bond motifs is 1. The number of sulfone groups is 1. The Bertz CT molecular complexity index is 1360. The third kappa shape index (κ3) is 4.60. The van der Waals surface area contributed by atoms with E-state index >= 15 is 0 Å². The first kappa shape index (κ1) is 21.2. The molecule has 0 aliphatic carbocycles. The molecule has 1 fully saturated rings. The second-order valence-electron chi connectivity index (χ2n) is 7.57. The van der Waals surface area contributed by atoms with Crippen LogP contribution in [-0.4, -0.2) is 36.1 Å². The SMILES string of the molecule is O=C(NCc1ccc(-c2nc3ccccc3s2)o1)c1ccccc1SC1CCS(=O)(=O)C1. The van der Waals surface area contributed by atoms with Gasteiger partial charge in [-0.25, -0.2) is 13.4 Å². The monoisotopic (exact) mass is 484 g/mol. The van der Waals surface area contributed by atoms with Gasteiger partial charge < -0.3 is 9.73 Å². The lowest BCUT2D eigenvalue weighted by atomic mass is 10.2. The number of nitrogens with zero attached hydrogens (tertiary/aromatic N) is 1. The first-order valence-electron chi connectivity index (χ1n) is 10.2. The minimum absolute atomic E-state index is 0.0182. The number of aromatic nitrogens is 1. The molecule has 1 atom stereocenters. The number of carbonyl (C=O) groups is 1. The van der Waals surface area contributed by atoms with Crippen LogP contribution in [0.3, 0.4) is 0 Å². The van der Waals surface area contributed by atoms with Gasteiger partial charge in [0.25, 0.3) is 5.91 Å². The second-order valence-corrected chi connectivity index (χ2v) is 12.2. The van der Waals surface area contributed by atoms with Gasteiger partial charge in [0.2, 0.25) is 0 Å². The van der Waals surface area contributed by atoms with Gasteiger partial charge in [-0.1, -0.05) is 24.3 Å². The van der Waals surface area contributed by atoms with E-state index in [0.29, 0.717) is 23.5 Å². The molecule has 3 heterocycles. The molecule has 1 aliphatic heterocycles. The predicted molar refractivity (Wildman–Crippen MR) is 128 cm³/mol. The van der Waals surface area contributed by atoms with E-state index in [1.54, 1.807) is 17.4 Å². The predicted octanol–water partition coefficient (Wildman–Crippen LogP) is 4.77. The first-order valence-corrected chi connectivity index (χ1v) is 13.7. The van der Waals surface area contributed by atoms with E-state index in [2.05, 4.69) is 10.3 Å². The van der Waals surface area contributed by atoms with E-state index < -0.39 is 9.84 Å². The summed E-state index contributed by atoms with van der Waals surface area (Å²) in [6, 6.07) is 18.9. The molecule has 164 valence electrons. The van der Waals surface area contributed by atoms with Crippen molar-refractivity contribution >= 4 is 49.1 Å². The van der Waals surface area contributed by atoms with Crippen LogP contribution < -0.4 is 5.32 Å². The molecule has 0 saturated carbocycles. The number of furan rings is 1. The number of para-hydroxylation sites is 1. The van der Waals surface area contributed by atoms with E-state index in [4.69, 9.17) is 4.42 Å². The van der Waals surface area contributed by atoms with Crippen LogP contribution >= 0.6 is 23.1 Å². The highest BCUT2D eigenvalue weighted by atomic mass is 32.2. The summed E-state index contributed by atoms with van der Waals surface area (Å²) in [6.07, 6.45) is 0.615. The van der Waals surface area contributed by atoms with Gasteiger partial charge in [-0.05, 0) is 42.8 Å². The van der Waals surface area contributed by atoms with Gasteiger partial charge in [-0.3, -0.25) is 4.79 Å². The number of hydrogen-bond donors (Lipinski definition) is 1. The highest BCUT2D eigenvalue weighted by molar-refractivity contribution is 8.02. The third-order valence-corrected chi connectivity index (χ3v) is 9.58. The van der Waals surface area contributed by atoms with Crippen LogP contribution in [0.15, 0.2) is 70.0 Å². The average molecular weight is 485 g/mol. The normalized spacial score (nSPS) is 17.6. The van der Waals surface area contributed by atoms with Crippen LogP contribution in [0.1, 0.15) is 22.5 Å². The quantitative estimate of drug-likeness (QED) is 0.424. The molecular formula is C23H20N2O4S3. The third-order valence-electron chi connectivity index (χ3n) is 5.21. The van der Waals surface area contributed by atoms with Crippen molar-refractivity contribution in [3.63, 3.8) is 0 Å². The van der Waals surface area contributed by atoms with Crippen LogP contribution in [0.5, 0.6) is 0 Å². The summed E-state index contributed by atoms with van der Waals surface area (Å²) in [5.74, 6) is 1.48. The van der Waals surface area contributed by atoms with E-state index in [1.807, 2.05) is 54.6 Å².